The van der Waals surface area contributed by atoms with Crippen molar-refractivity contribution in [1.82, 2.24) is 5.32 Å². The number of rotatable bonds is 44. The Bertz CT molecular complexity index is 1050. The van der Waals surface area contributed by atoms with Crippen LogP contribution in [0.25, 0.3) is 0 Å². The number of aliphatic hydroxyl groups excluding tert-OH is 2. The molecule has 58 heavy (non-hydrogen) atoms. The first-order valence-corrected chi connectivity index (χ1v) is 24.8. The van der Waals surface area contributed by atoms with E-state index in [9.17, 15) is 15.0 Å². The molecule has 0 aliphatic carbocycles. The molecule has 0 bridgehead atoms. The van der Waals surface area contributed by atoms with E-state index in [1.54, 1.807) is 6.08 Å². The second-order valence-corrected chi connectivity index (χ2v) is 16.5. The Hall–Kier alpha value is -2.43. The maximum absolute atomic E-state index is 12.4. The summed E-state index contributed by atoms with van der Waals surface area (Å²) in [7, 11) is 0. The number of hydrogen-bond donors (Lipinski definition) is 3. The van der Waals surface area contributed by atoms with Gasteiger partial charge in [-0.05, 0) is 77.0 Å². The van der Waals surface area contributed by atoms with Crippen molar-refractivity contribution in [1.29, 1.82) is 0 Å². The third-order valence-corrected chi connectivity index (χ3v) is 10.9. The largest absolute Gasteiger partial charge is 0.394 e. The molecule has 0 heterocycles. The Labute approximate surface area is 361 Å². The van der Waals surface area contributed by atoms with Gasteiger partial charge < -0.3 is 15.5 Å². The summed E-state index contributed by atoms with van der Waals surface area (Å²) >= 11 is 0. The molecule has 4 heteroatoms. The van der Waals surface area contributed by atoms with Gasteiger partial charge in [-0.15, -0.1) is 0 Å². The molecule has 2 unspecified atom stereocenters. The Morgan fingerprint density at radius 1 is 0.431 bits per heavy atom. The van der Waals surface area contributed by atoms with Gasteiger partial charge in [0, 0.05) is 6.42 Å². The van der Waals surface area contributed by atoms with Gasteiger partial charge in [0.05, 0.1) is 18.8 Å². The minimum absolute atomic E-state index is 0.0944. The lowest BCUT2D eigenvalue weighted by molar-refractivity contribution is -0.123. The van der Waals surface area contributed by atoms with Crippen LogP contribution in [0, 0.1) is 0 Å². The summed E-state index contributed by atoms with van der Waals surface area (Å²) in [5, 5.41) is 23.1. The highest BCUT2D eigenvalue weighted by molar-refractivity contribution is 5.76. The molecule has 0 aliphatic heterocycles. The van der Waals surface area contributed by atoms with Crippen molar-refractivity contribution in [3.05, 3.63) is 85.1 Å². The van der Waals surface area contributed by atoms with Crippen molar-refractivity contribution >= 4 is 5.91 Å². The number of hydrogen-bond acceptors (Lipinski definition) is 3. The Morgan fingerprint density at radius 2 is 0.776 bits per heavy atom. The zero-order valence-electron chi connectivity index (χ0n) is 38.3. The number of allylic oxidation sites excluding steroid dienone is 13. The highest BCUT2D eigenvalue weighted by atomic mass is 16.3. The third kappa shape index (κ3) is 44.7. The zero-order chi connectivity index (χ0) is 42.1. The monoisotopic (exact) mass is 806 g/mol. The summed E-state index contributed by atoms with van der Waals surface area (Å²) in [6, 6.07) is -0.655. The van der Waals surface area contributed by atoms with Crippen LogP contribution in [-0.2, 0) is 4.79 Å². The quantitative estimate of drug-likeness (QED) is 0.0424. The molecule has 0 fully saturated rings. The molecule has 0 saturated heterocycles. The van der Waals surface area contributed by atoms with Gasteiger partial charge in [-0.2, -0.15) is 0 Å². The predicted molar refractivity (Wildman–Crippen MR) is 257 cm³/mol. The van der Waals surface area contributed by atoms with E-state index >= 15 is 0 Å². The van der Waals surface area contributed by atoms with Gasteiger partial charge in [-0.25, -0.2) is 0 Å². The third-order valence-electron chi connectivity index (χ3n) is 10.9. The molecule has 0 saturated carbocycles. The average Bonchev–Trinajstić information content (AvgIpc) is 3.23. The van der Waals surface area contributed by atoms with Crippen LogP contribution < -0.4 is 5.32 Å². The number of amides is 1. The molecule has 1 amide bonds. The van der Waals surface area contributed by atoms with Gasteiger partial charge in [0.15, 0.2) is 0 Å². The van der Waals surface area contributed by atoms with Gasteiger partial charge >= 0.3 is 0 Å². The van der Waals surface area contributed by atoms with Gasteiger partial charge in [0.1, 0.15) is 0 Å². The first-order valence-electron chi connectivity index (χ1n) is 24.8. The van der Waals surface area contributed by atoms with Gasteiger partial charge in [0.2, 0.25) is 5.91 Å². The first-order chi connectivity index (χ1) is 28.7. The lowest BCUT2D eigenvalue weighted by atomic mass is 10.0. The van der Waals surface area contributed by atoms with E-state index in [0.717, 1.165) is 77.0 Å². The van der Waals surface area contributed by atoms with Crippen LogP contribution in [0.5, 0.6) is 0 Å². The smallest absolute Gasteiger partial charge is 0.220 e. The molecule has 0 rings (SSSR count). The fourth-order valence-corrected chi connectivity index (χ4v) is 7.10. The summed E-state index contributed by atoms with van der Waals surface area (Å²) in [4.78, 5) is 12.4. The predicted octanol–water partition coefficient (Wildman–Crippen LogP) is 16.0. The van der Waals surface area contributed by atoms with E-state index in [-0.39, 0.29) is 12.5 Å². The Morgan fingerprint density at radius 3 is 1.21 bits per heavy atom. The SMILES string of the molecule is CC/C=C\C/C=C\C/C=C\C/C=C\C/C=C\CCCCCCCC(=O)NC(CO)C(O)/C=C/CC/C=C/CCCCCCCCCCCCCCCCCCCCC. The lowest BCUT2D eigenvalue weighted by Crippen LogP contribution is -2.45. The van der Waals surface area contributed by atoms with Crippen LogP contribution in [-0.4, -0.2) is 34.9 Å². The number of carbonyl (C=O) groups excluding carboxylic acids is 1. The summed E-state index contributed by atoms with van der Waals surface area (Å²) in [6.45, 7) is 4.18. The highest BCUT2D eigenvalue weighted by Crippen LogP contribution is 2.15. The van der Waals surface area contributed by atoms with Crippen molar-refractivity contribution in [3.63, 3.8) is 0 Å². The number of nitrogens with one attached hydrogen (secondary N) is 1. The van der Waals surface area contributed by atoms with Gasteiger partial charge in [-0.1, -0.05) is 234 Å². The van der Waals surface area contributed by atoms with Crippen molar-refractivity contribution in [2.75, 3.05) is 6.61 Å². The maximum Gasteiger partial charge on any atom is 0.220 e. The van der Waals surface area contributed by atoms with Gasteiger partial charge in [0.25, 0.3) is 0 Å². The molecule has 2 atom stereocenters. The minimum atomic E-state index is -0.876. The number of carbonyl (C=O) groups is 1. The summed E-state index contributed by atoms with van der Waals surface area (Å²) in [5.41, 5.74) is 0. The average molecular weight is 806 g/mol. The van der Waals surface area contributed by atoms with Crippen molar-refractivity contribution in [3.8, 4) is 0 Å². The van der Waals surface area contributed by atoms with E-state index in [1.807, 2.05) is 6.08 Å². The standard InChI is InChI=1S/C54H95NO3/c1-3-5-7-9-11-13-15-17-19-21-23-25-26-27-28-30-31-33-35-37-39-41-43-45-47-49-53(57)52(51-56)55-54(58)50-48-46-44-42-40-38-36-34-32-29-24-22-20-18-16-14-12-10-8-6-4-2/h6,8,12,14,18,20,24,29,34,36,39,41,47,49,52-53,56-57H,3-5,7,9-11,13,15-17,19,21-23,25-28,30-33,35,37-38,40,42-46,48,50-51H2,1-2H3,(H,55,58)/b8-6-,14-12-,20-18-,29-24-,36-34-,41-39+,49-47+. The molecule has 3 N–H and O–H groups in total. The van der Waals surface area contributed by atoms with E-state index in [4.69, 9.17) is 0 Å². The topological polar surface area (TPSA) is 69.6 Å². The molecule has 334 valence electrons. The van der Waals surface area contributed by atoms with Crippen LogP contribution >= 0.6 is 0 Å². The minimum Gasteiger partial charge on any atom is -0.394 e. The van der Waals surface area contributed by atoms with Gasteiger partial charge in [-0.3, -0.25) is 4.79 Å². The lowest BCUT2D eigenvalue weighted by Gasteiger charge is -2.19. The van der Waals surface area contributed by atoms with Crippen LogP contribution in [0.4, 0.5) is 0 Å². The second kappa shape index (κ2) is 48.9. The van der Waals surface area contributed by atoms with Crippen LogP contribution in [0.15, 0.2) is 85.1 Å². The molecule has 0 aliphatic rings. The molecule has 0 aromatic heterocycles. The molecule has 0 radical (unpaired) electrons. The second-order valence-electron chi connectivity index (χ2n) is 16.5. The molecule has 0 aromatic carbocycles. The van der Waals surface area contributed by atoms with E-state index in [0.29, 0.717) is 6.42 Å². The normalized spacial score (nSPS) is 13.7. The summed E-state index contributed by atoms with van der Waals surface area (Å²) in [6.07, 6.45) is 71.4. The van der Waals surface area contributed by atoms with E-state index < -0.39 is 12.1 Å². The maximum atomic E-state index is 12.4. The zero-order valence-corrected chi connectivity index (χ0v) is 38.3. The summed E-state index contributed by atoms with van der Waals surface area (Å²) in [5.74, 6) is -0.0944. The Balaban J connectivity index is 3.64. The molecule has 0 spiro atoms. The number of aliphatic hydroxyl groups is 2. The van der Waals surface area contributed by atoms with Crippen LogP contribution in [0.1, 0.15) is 232 Å². The number of unbranched alkanes of at least 4 members (excludes halogenated alkanes) is 25. The van der Waals surface area contributed by atoms with Crippen molar-refractivity contribution in [2.24, 2.45) is 0 Å². The fourth-order valence-electron chi connectivity index (χ4n) is 7.10. The summed E-state index contributed by atoms with van der Waals surface area (Å²) < 4.78 is 0. The first kappa shape index (κ1) is 55.6. The van der Waals surface area contributed by atoms with Crippen molar-refractivity contribution in [2.45, 2.75) is 244 Å². The molecule has 0 aromatic rings. The highest BCUT2D eigenvalue weighted by Gasteiger charge is 2.17. The van der Waals surface area contributed by atoms with E-state index in [1.165, 1.54) is 135 Å². The van der Waals surface area contributed by atoms with E-state index in [2.05, 4.69) is 92.1 Å². The molecular weight excluding hydrogens is 711 g/mol. The molecule has 4 nitrogen and oxygen atoms in total. The molecular formula is C54H95NO3. The van der Waals surface area contributed by atoms with Crippen molar-refractivity contribution < 1.29 is 15.0 Å². The van der Waals surface area contributed by atoms with Crippen LogP contribution in [0.3, 0.4) is 0 Å². The fraction of sp³-hybridized carbons (Fsp3) is 0.722. The van der Waals surface area contributed by atoms with Crippen LogP contribution in [0.2, 0.25) is 0 Å². The Kier molecular flexibility index (Phi) is 46.9.